The van der Waals surface area contributed by atoms with Crippen LogP contribution in [0.2, 0.25) is 0 Å². The summed E-state index contributed by atoms with van der Waals surface area (Å²) in [4.78, 5) is 18.1. The summed E-state index contributed by atoms with van der Waals surface area (Å²) in [5, 5.41) is 13.6. The van der Waals surface area contributed by atoms with Gasteiger partial charge in [-0.2, -0.15) is 0 Å². The first-order chi connectivity index (χ1) is 8.16. The summed E-state index contributed by atoms with van der Waals surface area (Å²) in [6, 6.07) is 4.53. The van der Waals surface area contributed by atoms with Crippen LogP contribution in [0.4, 0.5) is 17.2 Å². The van der Waals surface area contributed by atoms with E-state index in [2.05, 4.69) is 15.3 Å². The van der Waals surface area contributed by atoms with Crippen LogP contribution in [-0.2, 0) is 0 Å². The quantitative estimate of drug-likeness (QED) is 0.646. The number of hydrogen-bond donors (Lipinski definition) is 1. The van der Waals surface area contributed by atoms with E-state index in [0.717, 1.165) is 11.3 Å². The molecule has 1 N–H and O–H groups in total. The molecular weight excluding hydrogens is 220 g/mol. The lowest BCUT2D eigenvalue weighted by molar-refractivity contribution is -0.384. The Hall–Kier alpha value is -2.50. The van der Waals surface area contributed by atoms with Crippen molar-refractivity contribution < 1.29 is 4.92 Å². The van der Waals surface area contributed by atoms with Crippen LogP contribution in [0.25, 0.3) is 0 Å². The fraction of sp³-hybridized carbons (Fsp3) is 0.0909. The molecule has 2 heterocycles. The molecule has 0 aromatic carbocycles. The second-order valence-electron chi connectivity index (χ2n) is 3.47. The van der Waals surface area contributed by atoms with E-state index in [9.17, 15) is 10.1 Å². The van der Waals surface area contributed by atoms with Gasteiger partial charge in [0, 0.05) is 30.3 Å². The van der Waals surface area contributed by atoms with E-state index in [-0.39, 0.29) is 5.69 Å². The van der Waals surface area contributed by atoms with Crippen LogP contribution < -0.4 is 5.32 Å². The van der Waals surface area contributed by atoms with Crippen molar-refractivity contribution in [2.24, 2.45) is 0 Å². The Labute approximate surface area is 97.5 Å². The Bertz CT molecular complexity index is 557. The average molecular weight is 230 g/mol. The minimum atomic E-state index is -0.452. The van der Waals surface area contributed by atoms with Crippen molar-refractivity contribution in [1.82, 2.24) is 9.97 Å². The molecule has 86 valence electrons. The molecule has 0 radical (unpaired) electrons. The van der Waals surface area contributed by atoms with Gasteiger partial charge in [-0.1, -0.05) is 0 Å². The van der Waals surface area contributed by atoms with Crippen LogP contribution in [0.3, 0.4) is 0 Å². The molecule has 0 amide bonds. The molecule has 0 spiro atoms. The van der Waals surface area contributed by atoms with Crippen molar-refractivity contribution in [1.29, 1.82) is 0 Å². The van der Waals surface area contributed by atoms with Crippen molar-refractivity contribution in [3.63, 3.8) is 0 Å². The molecule has 0 fully saturated rings. The number of nitrogens with zero attached hydrogens (tertiary/aromatic N) is 3. The maximum Gasteiger partial charge on any atom is 0.274 e. The van der Waals surface area contributed by atoms with Gasteiger partial charge in [-0.25, -0.2) is 4.98 Å². The van der Waals surface area contributed by atoms with Crippen LogP contribution in [0.5, 0.6) is 0 Å². The maximum absolute atomic E-state index is 10.6. The Balaban J connectivity index is 2.28. The standard InChI is InChI=1S/C11H10N4O2/c1-8-7-12-4-3-10(8)14-11-6-9(15(16)17)2-5-13-11/h2-7H,1H3,(H,12,13,14). The van der Waals surface area contributed by atoms with Gasteiger partial charge in [-0.3, -0.25) is 15.1 Å². The highest BCUT2D eigenvalue weighted by atomic mass is 16.6. The zero-order valence-electron chi connectivity index (χ0n) is 9.12. The van der Waals surface area contributed by atoms with Crippen molar-refractivity contribution in [3.05, 3.63) is 52.5 Å². The molecule has 6 heteroatoms. The van der Waals surface area contributed by atoms with Crippen LogP contribution in [0, 0.1) is 17.0 Å². The van der Waals surface area contributed by atoms with Gasteiger partial charge < -0.3 is 5.32 Å². The fourth-order valence-electron chi connectivity index (χ4n) is 1.35. The van der Waals surface area contributed by atoms with Gasteiger partial charge in [0.05, 0.1) is 11.0 Å². The molecule has 0 saturated carbocycles. The van der Waals surface area contributed by atoms with Crippen molar-refractivity contribution in [2.75, 3.05) is 5.32 Å². The van der Waals surface area contributed by atoms with Crippen LogP contribution in [-0.4, -0.2) is 14.9 Å². The summed E-state index contributed by atoms with van der Waals surface area (Å²) >= 11 is 0. The Kier molecular flexibility index (Phi) is 2.95. The van der Waals surface area contributed by atoms with E-state index in [1.807, 2.05) is 6.92 Å². The molecule has 6 nitrogen and oxygen atoms in total. The Morgan fingerprint density at radius 2 is 2.18 bits per heavy atom. The summed E-state index contributed by atoms with van der Waals surface area (Å²) in [6.45, 7) is 1.90. The molecule has 17 heavy (non-hydrogen) atoms. The van der Waals surface area contributed by atoms with E-state index in [1.165, 1.54) is 18.3 Å². The van der Waals surface area contributed by atoms with Crippen molar-refractivity contribution in [2.45, 2.75) is 6.92 Å². The van der Waals surface area contributed by atoms with Gasteiger partial charge in [0.1, 0.15) is 5.82 Å². The van der Waals surface area contributed by atoms with E-state index in [1.54, 1.807) is 18.5 Å². The number of nitro groups is 1. The predicted molar refractivity (Wildman–Crippen MR) is 63.1 cm³/mol. The minimum absolute atomic E-state index is 0.00853. The lowest BCUT2D eigenvalue weighted by atomic mass is 10.2. The summed E-state index contributed by atoms with van der Waals surface area (Å²) in [5.74, 6) is 0.438. The van der Waals surface area contributed by atoms with Crippen LogP contribution in [0.1, 0.15) is 5.56 Å². The first-order valence-corrected chi connectivity index (χ1v) is 4.95. The van der Waals surface area contributed by atoms with Crippen molar-refractivity contribution >= 4 is 17.2 Å². The minimum Gasteiger partial charge on any atom is -0.340 e. The highest BCUT2D eigenvalue weighted by Gasteiger charge is 2.07. The van der Waals surface area contributed by atoms with E-state index in [4.69, 9.17) is 0 Å². The summed E-state index contributed by atoms with van der Waals surface area (Å²) in [7, 11) is 0. The fourth-order valence-corrected chi connectivity index (χ4v) is 1.35. The Morgan fingerprint density at radius 1 is 1.35 bits per heavy atom. The normalized spacial score (nSPS) is 9.94. The number of hydrogen-bond acceptors (Lipinski definition) is 5. The summed E-state index contributed by atoms with van der Waals surface area (Å²) in [6.07, 6.45) is 4.75. The summed E-state index contributed by atoms with van der Waals surface area (Å²) < 4.78 is 0. The second kappa shape index (κ2) is 4.56. The zero-order valence-corrected chi connectivity index (χ0v) is 9.12. The number of anilines is 2. The van der Waals surface area contributed by atoms with E-state index >= 15 is 0 Å². The predicted octanol–water partition coefficient (Wildman–Crippen LogP) is 2.44. The number of pyridine rings is 2. The monoisotopic (exact) mass is 230 g/mol. The third kappa shape index (κ3) is 2.54. The third-order valence-electron chi connectivity index (χ3n) is 2.24. The molecule has 0 saturated heterocycles. The molecule has 0 unspecified atom stereocenters. The molecular formula is C11H10N4O2. The maximum atomic E-state index is 10.6. The zero-order chi connectivity index (χ0) is 12.3. The third-order valence-corrected chi connectivity index (χ3v) is 2.24. The largest absolute Gasteiger partial charge is 0.340 e. The number of aryl methyl sites for hydroxylation is 1. The highest BCUT2D eigenvalue weighted by Crippen LogP contribution is 2.20. The summed E-state index contributed by atoms with van der Waals surface area (Å²) in [5.41, 5.74) is 1.78. The number of aromatic nitrogens is 2. The van der Waals surface area contributed by atoms with E-state index in [0.29, 0.717) is 5.82 Å². The van der Waals surface area contributed by atoms with E-state index < -0.39 is 4.92 Å². The topological polar surface area (TPSA) is 81.0 Å². The highest BCUT2D eigenvalue weighted by molar-refractivity contribution is 5.60. The lowest BCUT2D eigenvalue weighted by Gasteiger charge is -2.07. The van der Waals surface area contributed by atoms with Gasteiger partial charge in [0.15, 0.2) is 0 Å². The lowest BCUT2D eigenvalue weighted by Crippen LogP contribution is -1.97. The number of rotatable bonds is 3. The second-order valence-corrected chi connectivity index (χ2v) is 3.47. The number of nitrogens with one attached hydrogen (secondary N) is 1. The van der Waals surface area contributed by atoms with Gasteiger partial charge in [0.25, 0.3) is 5.69 Å². The molecule has 0 bridgehead atoms. The molecule has 0 aliphatic rings. The average Bonchev–Trinajstić information content (AvgIpc) is 2.32. The first kappa shape index (κ1) is 11.0. The molecule has 2 aromatic heterocycles. The molecule has 0 aliphatic carbocycles. The SMILES string of the molecule is Cc1cnccc1Nc1cc([N+](=O)[O-])ccn1. The van der Waals surface area contributed by atoms with Gasteiger partial charge in [-0.05, 0) is 18.6 Å². The molecule has 2 rings (SSSR count). The molecule has 2 aromatic rings. The van der Waals surface area contributed by atoms with Gasteiger partial charge in [0.2, 0.25) is 0 Å². The van der Waals surface area contributed by atoms with Gasteiger partial charge in [-0.15, -0.1) is 0 Å². The van der Waals surface area contributed by atoms with Gasteiger partial charge >= 0.3 is 0 Å². The smallest absolute Gasteiger partial charge is 0.274 e. The molecule has 0 atom stereocenters. The molecule has 0 aliphatic heterocycles. The Morgan fingerprint density at radius 3 is 2.88 bits per heavy atom. The first-order valence-electron chi connectivity index (χ1n) is 4.95. The van der Waals surface area contributed by atoms with Crippen LogP contribution >= 0.6 is 0 Å². The van der Waals surface area contributed by atoms with Crippen LogP contribution in [0.15, 0.2) is 36.8 Å². The van der Waals surface area contributed by atoms with Crippen molar-refractivity contribution in [3.8, 4) is 0 Å².